The normalized spacial score (nSPS) is 21.5. The summed E-state index contributed by atoms with van der Waals surface area (Å²) < 4.78 is 23.5. The SMILES string of the molecule is CC1CCN(c2ccc(NC(=O)c3ccccc3S[C@H]3CCS(=O)(=O)C3)cc2)CC1. The quantitative estimate of drug-likeness (QED) is 0.738. The highest BCUT2D eigenvalue weighted by molar-refractivity contribution is 8.02. The van der Waals surface area contributed by atoms with E-state index in [9.17, 15) is 13.2 Å². The molecule has 2 fully saturated rings. The zero-order valence-corrected chi connectivity index (χ0v) is 18.8. The molecule has 4 rings (SSSR count). The molecular weight excluding hydrogens is 416 g/mol. The van der Waals surface area contributed by atoms with Crippen molar-refractivity contribution in [1.29, 1.82) is 0 Å². The molecule has 2 aliphatic heterocycles. The number of hydrogen-bond donors (Lipinski definition) is 1. The molecule has 0 saturated carbocycles. The van der Waals surface area contributed by atoms with Gasteiger partial charge in [0.25, 0.3) is 5.91 Å². The van der Waals surface area contributed by atoms with Gasteiger partial charge >= 0.3 is 0 Å². The van der Waals surface area contributed by atoms with Crippen molar-refractivity contribution >= 4 is 38.9 Å². The van der Waals surface area contributed by atoms with Gasteiger partial charge in [0, 0.05) is 34.6 Å². The molecule has 2 heterocycles. The molecule has 7 heteroatoms. The molecule has 1 N–H and O–H groups in total. The molecule has 2 aromatic rings. The van der Waals surface area contributed by atoms with E-state index in [1.165, 1.54) is 30.3 Å². The second-order valence-corrected chi connectivity index (χ2v) is 11.9. The van der Waals surface area contributed by atoms with Crippen molar-refractivity contribution in [2.24, 2.45) is 5.92 Å². The van der Waals surface area contributed by atoms with Crippen LogP contribution in [0.15, 0.2) is 53.4 Å². The minimum absolute atomic E-state index is 0.00972. The van der Waals surface area contributed by atoms with Crippen LogP contribution in [0.2, 0.25) is 0 Å². The number of nitrogens with zero attached hydrogens (tertiary/aromatic N) is 1. The maximum atomic E-state index is 12.9. The van der Waals surface area contributed by atoms with Crippen LogP contribution >= 0.6 is 11.8 Å². The number of hydrogen-bond acceptors (Lipinski definition) is 5. The molecule has 0 spiro atoms. The number of piperidine rings is 1. The summed E-state index contributed by atoms with van der Waals surface area (Å²) in [5, 5.41) is 3.00. The summed E-state index contributed by atoms with van der Waals surface area (Å²) in [5.74, 6) is 1.05. The van der Waals surface area contributed by atoms with Gasteiger partial charge in [0.2, 0.25) is 0 Å². The Balaban J connectivity index is 1.41. The summed E-state index contributed by atoms with van der Waals surface area (Å²) in [5.41, 5.74) is 2.54. The van der Waals surface area contributed by atoms with Crippen molar-refractivity contribution in [2.75, 3.05) is 34.8 Å². The molecule has 1 atom stereocenters. The van der Waals surface area contributed by atoms with E-state index >= 15 is 0 Å². The highest BCUT2D eigenvalue weighted by Gasteiger charge is 2.29. The number of amides is 1. The van der Waals surface area contributed by atoms with Crippen LogP contribution in [0.3, 0.4) is 0 Å². The van der Waals surface area contributed by atoms with Crippen LogP contribution in [0.1, 0.15) is 36.5 Å². The Bertz CT molecular complexity index is 997. The number of benzene rings is 2. The fourth-order valence-corrected chi connectivity index (χ4v) is 7.64. The van der Waals surface area contributed by atoms with Crippen LogP contribution < -0.4 is 10.2 Å². The lowest BCUT2D eigenvalue weighted by molar-refractivity contribution is 0.102. The summed E-state index contributed by atoms with van der Waals surface area (Å²) >= 11 is 1.49. The van der Waals surface area contributed by atoms with Crippen LogP contribution in [0.25, 0.3) is 0 Å². The van der Waals surface area contributed by atoms with Gasteiger partial charge in [-0.15, -0.1) is 11.8 Å². The number of rotatable bonds is 5. The van der Waals surface area contributed by atoms with Crippen molar-refractivity contribution in [2.45, 2.75) is 36.3 Å². The molecule has 160 valence electrons. The van der Waals surface area contributed by atoms with E-state index in [4.69, 9.17) is 0 Å². The maximum absolute atomic E-state index is 12.9. The average Bonchev–Trinajstić information content (AvgIpc) is 3.08. The molecule has 30 heavy (non-hydrogen) atoms. The van der Waals surface area contributed by atoms with Gasteiger partial charge in [-0.05, 0) is 61.6 Å². The fourth-order valence-electron chi connectivity index (χ4n) is 4.01. The lowest BCUT2D eigenvalue weighted by Crippen LogP contribution is -2.32. The van der Waals surface area contributed by atoms with Crippen LogP contribution in [-0.2, 0) is 9.84 Å². The zero-order chi connectivity index (χ0) is 21.1. The first kappa shape index (κ1) is 21.2. The molecule has 0 radical (unpaired) electrons. The van der Waals surface area contributed by atoms with Gasteiger partial charge in [0.05, 0.1) is 17.1 Å². The van der Waals surface area contributed by atoms with Gasteiger partial charge in [0.1, 0.15) is 0 Å². The smallest absolute Gasteiger partial charge is 0.256 e. The van der Waals surface area contributed by atoms with Gasteiger partial charge in [-0.2, -0.15) is 0 Å². The zero-order valence-electron chi connectivity index (χ0n) is 17.2. The first-order valence-corrected chi connectivity index (χ1v) is 13.2. The first-order chi connectivity index (χ1) is 14.4. The summed E-state index contributed by atoms with van der Waals surface area (Å²) in [6, 6.07) is 15.4. The molecule has 2 aromatic carbocycles. The van der Waals surface area contributed by atoms with Crippen molar-refractivity contribution in [3.63, 3.8) is 0 Å². The maximum Gasteiger partial charge on any atom is 0.256 e. The monoisotopic (exact) mass is 444 g/mol. The number of carbonyl (C=O) groups excluding carboxylic acids is 1. The number of carbonyl (C=O) groups is 1. The Morgan fingerprint density at radius 2 is 1.73 bits per heavy atom. The third-order valence-corrected chi connectivity index (χ3v) is 9.21. The minimum atomic E-state index is -2.94. The lowest BCUT2D eigenvalue weighted by Gasteiger charge is -2.32. The van der Waals surface area contributed by atoms with E-state index in [0.717, 1.165) is 29.6 Å². The molecule has 0 bridgehead atoms. The summed E-state index contributed by atoms with van der Waals surface area (Å²) in [6.07, 6.45) is 3.07. The number of anilines is 2. The van der Waals surface area contributed by atoms with Crippen molar-refractivity contribution in [3.05, 3.63) is 54.1 Å². The number of nitrogens with one attached hydrogen (secondary N) is 1. The Labute approximate surface area is 183 Å². The van der Waals surface area contributed by atoms with Crippen molar-refractivity contribution in [3.8, 4) is 0 Å². The van der Waals surface area contributed by atoms with E-state index in [1.807, 2.05) is 30.3 Å². The number of sulfone groups is 1. The van der Waals surface area contributed by atoms with Gasteiger partial charge in [-0.1, -0.05) is 19.1 Å². The van der Waals surface area contributed by atoms with E-state index in [1.54, 1.807) is 6.07 Å². The van der Waals surface area contributed by atoms with Crippen molar-refractivity contribution < 1.29 is 13.2 Å². The van der Waals surface area contributed by atoms with Crippen LogP contribution in [0, 0.1) is 5.92 Å². The summed E-state index contributed by atoms with van der Waals surface area (Å²) in [6.45, 7) is 4.46. The minimum Gasteiger partial charge on any atom is -0.372 e. The molecule has 2 saturated heterocycles. The predicted molar refractivity (Wildman–Crippen MR) is 124 cm³/mol. The molecule has 1 amide bonds. The standard InChI is InChI=1S/C23H28N2O3S2/c1-17-10-13-25(14-11-17)19-8-6-18(7-9-19)24-23(26)21-4-2-3-5-22(21)29-20-12-15-30(27,28)16-20/h2-9,17,20H,10-16H2,1H3,(H,24,26)/t20-/m0/s1. The molecule has 0 aliphatic carbocycles. The largest absolute Gasteiger partial charge is 0.372 e. The second kappa shape index (κ2) is 9.02. The Morgan fingerprint density at radius 3 is 2.40 bits per heavy atom. The first-order valence-electron chi connectivity index (χ1n) is 10.5. The van der Waals surface area contributed by atoms with Crippen LogP contribution in [-0.4, -0.2) is 44.2 Å². The van der Waals surface area contributed by atoms with Crippen molar-refractivity contribution in [1.82, 2.24) is 0 Å². The second-order valence-electron chi connectivity index (χ2n) is 8.31. The predicted octanol–water partition coefficient (Wildman–Crippen LogP) is 4.45. The Kier molecular flexibility index (Phi) is 6.39. The Morgan fingerprint density at radius 1 is 1.03 bits per heavy atom. The molecule has 0 unspecified atom stereocenters. The number of thioether (sulfide) groups is 1. The van der Waals surface area contributed by atoms with E-state index in [-0.39, 0.29) is 22.7 Å². The molecular formula is C23H28N2O3S2. The lowest BCUT2D eigenvalue weighted by atomic mass is 9.99. The van der Waals surface area contributed by atoms with Gasteiger partial charge in [-0.25, -0.2) is 8.42 Å². The topological polar surface area (TPSA) is 66.5 Å². The third-order valence-electron chi connectivity index (χ3n) is 5.89. The molecule has 2 aliphatic rings. The highest BCUT2D eigenvalue weighted by atomic mass is 32.2. The molecule has 0 aromatic heterocycles. The third kappa shape index (κ3) is 5.19. The van der Waals surface area contributed by atoms with Gasteiger partial charge in [0.15, 0.2) is 9.84 Å². The van der Waals surface area contributed by atoms with E-state index in [0.29, 0.717) is 12.0 Å². The highest BCUT2D eigenvalue weighted by Crippen LogP contribution is 2.33. The summed E-state index contributed by atoms with van der Waals surface area (Å²) in [7, 11) is -2.94. The van der Waals surface area contributed by atoms with Gasteiger partial charge < -0.3 is 10.2 Å². The van der Waals surface area contributed by atoms with Gasteiger partial charge in [-0.3, -0.25) is 4.79 Å². The molecule has 5 nitrogen and oxygen atoms in total. The fraction of sp³-hybridized carbons (Fsp3) is 0.435. The summed E-state index contributed by atoms with van der Waals surface area (Å²) in [4.78, 5) is 16.1. The Hall–Kier alpha value is -1.99. The van der Waals surface area contributed by atoms with E-state index < -0.39 is 9.84 Å². The average molecular weight is 445 g/mol. The van der Waals surface area contributed by atoms with Crippen LogP contribution in [0.5, 0.6) is 0 Å². The van der Waals surface area contributed by atoms with Crippen LogP contribution in [0.4, 0.5) is 11.4 Å². The van der Waals surface area contributed by atoms with E-state index in [2.05, 4.69) is 29.3 Å².